The summed E-state index contributed by atoms with van der Waals surface area (Å²) in [6, 6.07) is 5.85. The van der Waals surface area contributed by atoms with Crippen molar-refractivity contribution in [1.29, 1.82) is 0 Å². The number of rotatable bonds is 8. The molecule has 1 N–H and O–H groups in total. The van der Waals surface area contributed by atoms with Gasteiger partial charge < -0.3 is 9.84 Å². The normalized spacial score (nSPS) is 12.1. The zero-order chi connectivity index (χ0) is 16.1. The van der Waals surface area contributed by atoms with E-state index in [9.17, 15) is 18.3 Å². The Morgan fingerprint density at radius 1 is 1.14 bits per heavy atom. The maximum absolute atomic E-state index is 12.9. The van der Waals surface area contributed by atoms with Crippen LogP contribution in [0.15, 0.2) is 29.2 Å². The summed E-state index contributed by atoms with van der Waals surface area (Å²) in [5.41, 5.74) is 0. The summed E-state index contributed by atoms with van der Waals surface area (Å²) in [5.74, 6) is -0.747. The van der Waals surface area contributed by atoms with Gasteiger partial charge in [-0.3, -0.25) is 4.79 Å². The predicted molar refractivity (Wildman–Crippen MR) is 80.4 cm³/mol. The molecule has 0 aliphatic carbocycles. The third-order valence-corrected chi connectivity index (χ3v) is 6.09. The van der Waals surface area contributed by atoms with Crippen LogP contribution in [0.4, 0.5) is 0 Å². The van der Waals surface area contributed by atoms with Crippen LogP contribution in [-0.4, -0.2) is 31.4 Å². The molecular formula is C15H22O5S. The van der Waals surface area contributed by atoms with Gasteiger partial charge in [0.25, 0.3) is 0 Å². The first-order chi connectivity index (χ1) is 9.85. The highest BCUT2D eigenvalue weighted by Gasteiger charge is 2.50. The van der Waals surface area contributed by atoms with Crippen LogP contribution in [0.3, 0.4) is 0 Å². The molecular weight excluding hydrogens is 292 g/mol. The Hall–Kier alpha value is -1.56. The lowest BCUT2D eigenvalue weighted by Crippen LogP contribution is -2.46. The summed E-state index contributed by atoms with van der Waals surface area (Å²) in [5, 5.41) is 9.58. The van der Waals surface area contributed by atoms with Gasteiger partial charge in [-0.1, -0.05) is 26.7 Å². The lowest BCUT2D eigenvalue weighted by molar-refractivity contribution is -0.140. The molecule has 0 saturated carbocycles. The lowest BCUT2D eigenvalue weighted by atomic mass is 9.97. The average molecular weight is 314 g/mol. The summed E-state index contributed by atoms with van der Waals surface area (Å²) in [4.78, 5) is 11.8. The van der Waals surface area contributed by atoms with Crippen molar-refractivity contribution in [3.8, 4) is 5.75 Å². The van der Waals surface area contributed by atoms with Crippen molar-refractivity contribution in [3.05, 3.63) is 24.3 Å². The molecule has 1 aromatic rings. The van der Waals surface area contributed by atoms with Gasteiger partial charge in [-0.15, -0.1) is 0 Å². The SMILES string of the molecule is CCCC(CCC)(C(=O)O)S(=O)(=O)c1ccc(OC)cc1. The van der Waals surface area contributed by atoms with Crippen LogP contribution in [0, 0.1) is 0 Å². The summed E-state index contributed by atoms with van der Waals surface area (Å²) < 4.78 is 28.9. The van der Waals surface area contributed by atoms with E-state index in [2.05, 4.69) is 0 Å². The number of methoxy groups -OCH3 is 1. The average Bonchev–Trinajstić information content (AvgIpc) is 2.46. The van der Waals surface area contributed by atoms with E-state index in [1.807, 2.05) is 0 Å². The number of carboxylic acids is 1. The molecule has 0 amide bonds. The van der Waals surface area contributed by atoms with E-state index in [1.165, 1.54) is 31.4 Å². The minimum atomic E-state index is -3.97. The van der Waals surface area contributed by atoms with Crippen LogP contribution in [-0.2, 0) is 14.6 Å². The van der Waals surface area contributed by atoms with Crippen LogP contribution in [0.5, 0.6) is 5.75 Å². The van der Waals surface area contributed by atoms with Gasteiger partial charge in [0.05, 0.1) is 12.0 Å². The highest BCUT2D eigenvalue weighted by atomic mass is 32.2. The Labute approximate surface area is 125 Å². The topological polar surface area (TPSA) is 80.7 Å². The molecule has 0 heterocycles. The van der Waals surface area contributed by atoms with E-state index in [1.54, 1.807) is 13.8 Å². The van der Waals surface area contributed by atoms with Crippen LogP contribution in [0.1, 0.15) is 39.5 Å². The first-order valence-corrected chi connectivity index (χ1v) is 8.46. The quantitative estimate of drug-likeness (QED) is 0.798. The minimum absolute atomic E-state index is 0.0209. The van der Waals surface area contributed by atoms with Gasteiger partial charge in [-0.2, -0.15) is 0 Å². The number of carboxylic acid groups (broad SMARTS) is 1. The highest BCUT2D eigenvalue weighted by Crippen LogP contribution is 2.35. The molecule has 6 heteroatoms. The molecule has 0 spiro atoms. The van der Waals surface area contributed by atoms with Crippen LogP contribution in [0.25, 0.3) is 0 Å². The first-order valence-electron chi connectivity index (χ1n) is 6.97. The second-order valence-corrected chi connectivity index (χ2v) is 7.24. The number of benzene rings is 1. The van der Waals surface area contributed by atoms with Crippen molar-refractivity contribution in [1.82, 2.24) is 0 Å². The molecule has 118 valence electrons. The van der Waals surface area contributed by atoms with Crippen molar-refractivity contribution in [3.63, 3.8) is 0 Å². The molecule has 21 heavy (non-hydrogen) atoms. The van der Waals surface area contributed by atoms with Crippen molar-refractivity contribution in [2.45, 2.75) is 49.2 Å². The van der Waals surface area contributed by atoms with Crippen molar-refractivity contribution >= 4 is 15.8 Å². The van der Waals surface area contributed by atoms with Crippen LogP contribution >= 0.6 is 0 Å². The Bertz CT molecular complexity index is 569. The Morgan fingerprint density at radius 3 is 1.95 bits per heavy atom. The van der Waals surface area contributed by atoms with E-state index < -0.39 is 20.6 Å². The number of hydrogen-bond acceptors (Lipinski definition) is 4. The number of ether oxygens (including phenoxy) is 1. The van der Waals surface area contributed by atoms with E-state index >= 15 is 0 Å². The van der Waals surface area contributed by atoms with Crippen molar-refractivity contribution < 1.29 is 23.1 Å². The molecule has 1 rings (SSSR count). The molecule has 0 saturated heterocycles. The van der Waals surface area contributed by atoms with Crippen molar-refractivity contribution in [2.24, 2.45) is 0 Å². The number of carbonyl (C=O) groups is 1. The standard InChI is InChI=1S/C15H22O5S/c1-4-10-15(11-5-2,14(16)17)21(18,19)13-8-6-12(20-3)7-9-13/h6-9H,4-5,10-11H2,1-3H3,(H,16,17). The molecule has 0 radical (unpaired) electrons. The zero-order valence-electron chi connectivity index (χ0n) is 12.6. The van der Waals surface area contributed by atoms with E-state index in [4.69, 9.17) is 4.74 Å². The number of hydrogen-bond donors (Lipinski definition) is 1. The zero-order valence-corrected chi connectivity index (χ0v) is 13.4. The predicted octanol–water partition coefficient (Wildman–Crippen LogP) is 2.89. The Kier molecular flexibility index (Phi) is 5.78. The summed E-state index contributed by atoms with van der Waals surface area (Å²) in [6.45, 7) is 3.58. The fraction of sp³-hybridized carbons (Fsp3) is 0.533. The second-order valence-electron chi connectivity index (χ2n) is 4.98. The van der Waals surface area contributed by atoms with Gasteiger partial charge in [-0.25, -0.2) is 8.42 Å². The highest BCUT2D eigenvalue weighted by molar-refractivity contribution is 7.93. The van der Waals surface area contributed by atoms with Gasteiger partial charge in [0.1, 0.15) is 5.75 Å². The second kappa shape index (κ2) is 6.93. The molecule has 0 atom stereocenters. The molecule has 0 aromatic heterocycles. The lowest BCUT2D eigenvalue weighted by Gasteiger charge is -2.28. The van der Waals surface area contributed by atoms with Crippen LogP contribution < -0.4 is 4.74 Å². The molecule has 0 fully saturated rings. The van der Waals surface area contributed by atoms with E-state index in [-0.39, 0.29) is 17.7 Å². The Balaban J connectivity index is 3.41. The molecule has 0 aliphatic heterocycles. The van der Waals surface area contributed by atoms with Gasteiger partial charge in [0, 0.05) is 0 Å². The van der Waals surface area contributed by atoms with Gasteiger partial charge >= 0.3 is 5.97 Å². The molecule has 0 unspecified atom stereocenters. The third-order valence-electron chi connectivity index (χ3n) is 3.58. The maximum Gasteiger partial charge on any atom is 0.325 e. The molecule has 5 nitrogen and oxygen atoms in total. The van der Waals surface area contributed by atoms with Gasteiger partial charge in [0.2, 0.25) is 0 Å². The van der Waals surface area contributed by atoms with Gasteiger partial charge in [-0.05, 0) is 37.1 Å². The summed E-state index contributed by atoms with van der Waals surface area (Å²) in [7, 11) is -2.48. The molecule has 0 bridgehead atoms. The van der Waals surface area contributed by atoms with Crippen LogP contribution in [0.2, 0.25) is 0 Å². The third kappa shape index (κ3) is 3.20. The maximum atomic E-state index is 12.9. The first kappa shape index (κ1) is 17.5. The number of sulfone groups is 1. The molecule has 0 aliphatic rings. The minimum Gasteiger partial charge on any atom is -0.497 e. The summed E-state index contributed by atoms with van der Waals surface area (Å²) in [6.07, 6.45) is 1.18. The molecule has 1 aromatic carbocycles. The smallest absolute Gasteiger partial charge is 0.325 e. The van der Waals surface area contributed by atoms with Crippen molar-refractivity contribution in [2.75, 3.05) is 7.11 Å². The van der Waals surface area contributed by atoms with E-state index in [0.717, 1.165) is 0 Å². The monoisotopic (exact) mass is 314 g/mol. The van der Waals surface area contributed by atoms with Gasteiger partial charge in [0.15, 0.2) is 14.6 Å². The Morgan fingerprint density at radius 2 is 1.62 bits per heavy atom. The number of aliphatic carboxylic acids is 1. The largest absolute Gasteiger partial charge is 0.497 e. The fourth-order valence-corrected chi connectivity index (χ4v) is 4.63. The summed E-state index contributed by atoms with van der Waals surface area (Å²) >= 11 is 0. The van der Waals surface area contributed by atoms with E-state index in [0.29, 0.717) is 18.6 Å². The fourth-order valence-electron chi connectivity index (χ4n) is 2.51.